The zero-order valence-electron chi connectivity index (χ0n) is 14.2. The second-order valence-electron chi connectivity index (χ2n) is 11.1. The molecular weight excluding hydrogens is 264 g/mol. The summed E-state index contributed by atoms with van der Waals surface area (Å²) in [6.45, 7) is 5.02. The highest BCUT2D eigenvalue weighted by molar-refractivity contribution is 5.12. The summed E-state index contributed by atoms with van der Waals surface area (Å²) in [4.78, 5) is 0. The van der Waals surface area contributed by atoms with Crippen LogP contribution in [0.4, 0.5) is 0 Å². The van der Waals surface area contributed by atoms with E-state index in [1.165, 1.54) is 0 Å². The first-order chi connectivity index (χ1) is 10.6. The summed E-state index contributed by atoms with van der Waals surface area (Å²) in [5, 5.41) is 0. The molecule has 8 bridgehead atoms. The SMILES string of the molecule is [CH2]C(C12CC3CC(CC(C3)C1)C2)C12CC3CC(CC(C3)C1)C2. The molecule has 0 aromatic carbocycles. The fraction of sp³-hybridized carbons (Fsp3) is 0.955. The van der Waals surface area contributed by atoms with E-state index >= 15 is 0 Å². The molecule has 8 aliphatic carbocycles. The molecule has 0 aromatic heterocycles. The summed E-state index contributed by atoms with van der Waals surface area (Å²) in [5.41, 5.74) is 1.39. The van der Waals surface area contributed by atoms with Crippen molar-refractivity contribution < 1.29 is 0 Å². The van der Waals surface area contributed by atoms with Gasteiger partial charge in [-0.05, 0) is 136 Å². The Morgan fingerprint density at radius 2 is 0.727 bits per heavy atom. The van der Waals surface area contributed by atoms with Gasteiger partial charge < -0.3 is 0 Å². The first-order valence-corrected chi connectivity index (χ1v) is 10.5. The van der Waals surface area contributed by atoms with Gasteiger partial charge in [-0.15, -0.1) is 0 Å². The van der Waals surface area contributed by atoms with Crippen molar-refractivity contribution in [3.63, 3.8) is 0 Å². The molecule has 0 saturated heterocycles. The summed E-state index contributed by atoms with van der Waals surface area (Å²) >= 11 is 0. The monoisotopic (exact) mass is 297 g/mol. The maximum Gasteiger partial charge on any atom is -0.0256 e. The lowest BCUT2D eigenvalue weighted by Crippen LogP contribution is -2.57. The summed E-state index contributed by atoms with van der Waals surface area (Å²) in [7, 11) is 0. The topological polar surface area (TPSA) is 0 Å². The minimum atomic E-state index is 0.695. The van der Waals surface area contributed by atoms with Gasteiger partial charge in [-0.25, -0.2) is 0 Å². The van der Waals surface area contributed by atoms with Gasteiger partial charge in [0.1, 0.15) is 0 Å². The van der Waals surface area contributed by atoms with E-state index in [4.69, 9.17) is 6.92 Å². The van der Waals surface area contributed by atoms with Crippen LogP contribution in [-0.2, 0) is 0 Å². The fourth-order valence-corrected chi connectivity index (χ4v) is 9.86. The van der Waals surface area contributed by atoms with E-state index < -0.39 is 0 Å². The zero-order valence-corrected chi connectivity index (χ0v) is 14.2. The molecule has 121 valence electrons. The van der Waals surface area contributed by atoms with Crippen molar-refractivity contribution in [3.05, 3.63) is 6.92 Å². The second kappa shape index (κ2) is 4.15. The van der Waals surface area contributed by atoms with Gasteiger partial charge in [0, 0.05) is 0 Å². The van der Waals surface area contributed by atoms with Crippen LogP contribution in [0, 0.1) is 59.2 Å². The Kier molecular flexibility index (Phi) is 2.51. The molecule has 0 N–H and O–H groups in total. The smallest absolute Gasteiger partial charge is 0.0256 e. The maximum atomic E-state index is 5.02. The third-order valence-electron chi connectivity index (χ3n) is 9.65. The maximum absolute atomic E-state index is 5.02. The van der Waals surface area contributed by atoms with Crippen molar-refractivity contribution >= 4 is 0 Å². The Balaban J connectivity index is 1.36. The molecule has 22 heavy (non-hydrogen) atoms. The van der Waals surface area contributed by atoms with Gasteiger partial charge in [-0.2, -0.15) is 0 Å². The lowest BCUT2D eigenvalue weighted by molar-refractivity contribution is -0.157. The first-order valence-electron chi connectivity index (χ1n) is 10.5. The van der Waals surface area contributed by atoms with E-state index in [1.807, 2.05) is 0 Å². The molecule has 8 rings (SSSR count). The van der Waals surface area contributed by atoms with E-state index in [0.717, 1.165) is 41.4 Å². The van der Waals surface area contributed by atoms with Crippen LogP contribution in [0.25, 0.3) is 0 Å². The van der Waals surface area contributed by atoms with Crippen LogP contribution in [0.3, 0.4) is 0 Å². The first kappa shape index (κ1) is 13.3. The molecule has 0 unspecified atom stereocenters. The molecule has 8 saturated carbocycles. The molecule has 0 heteroatoms. The molecule has 0 nitrogen and oxygen atoms in total. The quantitative estimate of drug-likeness (QED) is 0.598. The molecule has 1 radical (unpaired) electrons. The minimum absolute atomic E-state index is 0.695. The number of rotatable bonds is 2. The van der Waals surface area contributed by atoms with Gasteiger partial charge in [0.05, 0.1) is 0 Å². The molecule has 0 atom stereocenters. The van der Waals surface area contributed by atoms with Crippen LogP contribution in [0.2, 0.25) is 0 Å². The van der Waals surface area contributed by atoms with Crippen LogP contribution in [0.15, 0.2) is 0 Å². The number of hydrogen-bond donors (Lipinski definition) is 0. The average Bonchev–Trinajstić information content (AvgIpc) is 2.43. The average molecular weight is 298 g/mol. The van der Waals surface area contributed by atoms with Crippen molar-refractivity contribution in [2.75, 3.05) is 0 Å². The highest BCUT2D eigenvalue weighted by Gasteiger charge is 2.61. The van der Waals surface area contributed by atoms with Crippen molar-refractivity contribution in [2.24, 2.45) is 52.3 Å². The molecular formula is C22H33. The van der Waals surface area contributed by atoms with E-state index in [9.17, 15) is 0 Å². The normalized spacial score (nSPS) is 62.6. The van der Waals surface area contributed by atoms with E-state index in [-0.39, 0.29) is 0 Å². The Bertz CT molecular complexity index is 372. The lowest BCUT2D eigenvalue weighted by atomic mass is 9.38. The summed E-state index contributed by atoms with van der Waals surface area (Å²) < 4.78 is 0. The lowest BCUT2D eigenvalue weighted by Gasteiger charge is -2.66. The van der Waals surface area contributed by atoms with Gasteiger partial charge in [0.2, 0.25) is 0 Å². The van der Waals surface area contributed by atoms with E-state index in [0.29, 0.717) is 10.8 Å². The second-order valence-corrected chi connectivity index (χ2v) is 11.1. The third kappa shape index (κ3) is 1.66. The van der Waals surface area contributed by atoms with Crippen LogP contribution in [0.5, 0.6) is 0 Å². The van der Waals surface area contributed by atoms with Gasteiger partial charge in [-0.3, -0.25) is 0 Å². The Morgan fingerprint density at radius 1 is 0.500 bits per heavy atom. The van der Waals surface area contributed by atoms with Crippen molar-refractivity contribution in [3.8, 4) is 0 Å². The standard InChI is InChI=1S/C22H33/c1-14(21-8-15-2-16(9-21)4-17(3-15)10-21)22-11-18-5-19(12-22)7-20(6-18)13-22/h14-20H,1-13H2. The highest BCUT2D eigenvalue weighted by Crippen LogP contribution is 2.70. The molecule has 0 amide bonds. The highest BCUT2D eigenvalue weighted by atomic mass is 14.7. The van der Waals surface area contributed by atoms with Crippen LogP contribution in [-0.4, -0.2) is 0 Å². The van der Waals surface area contributed by atoms with Crippen LogP contribution in [0.1, 0.15) is 77.0 Å². The third-order valence-corrected chi connectivity index (χ3v) is 9.65. The summed E-state index contributed by atoms with van der Waals surface area (Å²) in [6, 6.07) is 0. The van der Waals surface area contributed by atoms with Crippen molar-refractivity contribution in [1.29, 1.82) is 0 Å². The summed E-state index contributed by atoms with van der Waals surface area (Å²) in [5.74, 6) is 7.42. The van der Waals surface area contributed by atoms with Gasteiger partial charge >= 0.3 is 0 Å². The van der Waals surface area contributed by atoms with Gasteiger partial charge in [0.15, 0.2) is 0 Å². The van der Waals surface area contributed by atoms with Crippen molar-refractivity contribution in [2.45, 2.75) is 77.0 Å². The predicted molar refractivity (Wildman–Crippen MR) is 90.1 cm³/mol. The molecule has 8 fully saturated rings. The molecule has 8 aliphatic rings. The number of hydrogen-bond acceptors (Lipinski definition) is 0. The van der Waals surface area contributed by atoms with Crippen LogP contribution >= 0.6 is 0 Å². The van der Waals surface area contributed by atoms with Crippen molar-refractivity contribution in [1.82, 2.24) is 0 Å². The Labute approximate surface area is 136 Å². The predicted octanol–water partition coefficient (Wildman–Crippen LogP) is 5.87. The molecule has 0 aromatic rings. The minimum Gasteiger partial charge on any atom is -0.0491 e. The fourth-order valence-electron chi connectivity index (χ4n) is 9.86. The van der Waals surface area contributed by atoms with Gasteiger partial charge in [0.25, 0.3) is 0 Å². The molecule has 0 heterocycles. The molecule has 0 spiro atoms. The Hall–Kier alpha value is 0. The Morgan fingerprint density at radius 3 is 0.955 bits per heavy atom. The van der Waals surface area contributed by atoms with Gasteiger partial charge in [-0.1, -0.05) is 0 Å². The van der Waals surface area contributed by atoms with E-state index in [1.54, 1.807) is 77.0 Å². The largest absolute Gasteiger partial charge is 0.0491 e. The molecule has 0 aliphatic heterocycles. The van der Waals surface area contributed by atoms with Crippen LogP contribution < -0.4 is 0 Å². The summed E-state index contributed by atoms with van der Waals surface area (Å²) in [6.07, 6.45) is 19.0. The van der Waals surface area contributed by atoms with E-state index in [2.05, 4.69) is 0 Å². The zero-order chi connectivity index (χ0) is 14.5.